The van der Waals surface area contributed by atoms with Gasteiger partial charge in [0.05, 0.1) is 19.3 Å². The zero-order valence-corrected chi connectivity index (χ0v) is 17.3. The number of methoxy groups -OCH3 is 2. The second kappa shape index (κ2) is 9.77. The summed E-state index contributed by atoms with van der Waals surface area (Å²) in [6, 6.07) is 8.16. The van der Waals surface area contributed by atoms with Crippen molar-refractivity contribution in [1.82, 2.24) is 4.98 Å². The number of aliphatic hydroxyl groups excluding tert-OH is 1. The Hall–Kier alpha value is -1.56. The topological polar surface area (TPSA) is 51.6 Å². The summed E-state index contributed by atoms with van der Waals surface area (Å²) in [7, 11) is 9.34. The van der Waals surface area contributed by atoms with E-state index in [1.165, 1.54) is 5.56 Å². The van der Waals surface area contributed by atoms with Gasteiger partial charge >= 0.3 is 0 Å². The van der Waals surface area contributed by atoms with E-state index in [1.807, 2.05) is 12.1 Å². The van der Waals surface area contributed by atoms with Gasteiger partial charge in [-0.3, -0.25) is 4.98 Å². The average molecular weight is 400 g/mol. The van der Waals surface area contributed by atoms with Crippen molar-refractivity contribution >= 4 is 24.9 Å². The van der Waals surface area contributed by atoms with Gasteiger partial charge in [0.25, 0.3) is 0 Å². The number of hydrogen-bond acceptors (Lipinski definition) is 4. The quantitative estimate of drug-likeness (QED) is 0.801. The Balaban J connectivity index is 1.97. The summed E-state index contributed by atoms with van der Waals surface area (Å²) in [5.41, 5.74) is 3.55. The average Bonchev–Trinajstić information content (AvgIpc) is 2.71. The first-order valence-electron chi connectivity index (χ1n) is 9.80. The first kappa shape index (κ1) is 21.2. The minimum absolute atomic E-state index is 0.231. The number of hydrogen-bond donors (Lipinski definition) is 1. The smallest absolute Gasteiger partial charge is 0.118 e. The fraction of sp³-hybridized carbons (Fsp3) is 0.500. The highest BCUT2D eigenvalue weighted by Crippen LogP contribution is 2.33. The molecular weight excluding hydrogens is 373 g/mol. The molecule has 3 rings (SSSR count). The predicted molar refractivity (Wildman–Crippen MR) is 113 cm³/mol. The zero-order chi connectivity index (χ0) is 20.1. The highest BCUT2D eigenvalue weighted by molar-refractivity contribution is 6.45. The van der Waals surface area contributed by atoms with E-state index < -0.39 is 6.10 Å². The van der Waals surface area contributed by atoms with E-state index in [1.54, 1.807) is 20.4 Å². The summed E-state index contributed by atoms with van der Waals surface area (Å²) >= 11 is 6.59. The molecule has 28 heavy (non-hydrogen) atoms. The number of benzene rings is 1. The van der Waals surface area contributed by atoms with Crippen LogP contribution in [-0.2, 0) is 17.6 Å². The minimum atomic E-state index is -0.520. The molecule has 0 aliphatic heterocycles. The van der Waals surface area contributed by atoms with Gasteiger partial charge in [-0.05, 0) is 42.5 Å². The van der Waals surface area contributed by atoms with Crippen LogP contribution in [-0.4, -0.2) is 44.4 Å². The van der Waals surface area contributed by atoms with Crippen LogP contribution >= 0.6 is 11.6 Å². The monoisotopic (exact) mass is 399 g/mol. The van der Waals surface area contributed by atoms with E-state index in [0.717, 1.165) is 49.1 Å². The molecule has 0 bridgehead atoms. The molecule has 3 atom stereocenters. The van der Waals surface area contributed by atoms with E-state index in [0.29, 0.717) is 16.9 Å². The van der Waals surface area contributed by atoms with Gasteiger partial charge in [0, 0.05) is 36.4 Å². The Morgan fingerprint density at radius 1 is 1.18 bits per heavy atom. The molecule has 0 saturated carbocycles. The summed E-state index contributed by atoms with van der Waals surface area (Å²) in [5.74, 6) is 1.08. The molecular formula is C22H27BClNO3. The van der Waals surface area contributed by atoms with Crippen LogP contribution in [0.4, 0.5) is 0 Å². The third-order valence-corrected chi connectivity index (χ3v) is 6.08. The van der Waals surface area contributed by atoms with Crippen molar-refractivity contribution in [3.05, 3.63) is 52.3 Å². The number of ether oxygens (including phenoxy) is 2. The third kappa shape index (κ3) is 4.89. The summed E-state index contributed by atoms with van der Waals surface area (Å²) in [6.45, 7) is 0. The lowest BCUT2D eigenvalue weighted by Crippen LogP contribution is -2.32. The number of rotatable bonds is 4. The molecule has 0 amide bonds. The minimum Gasteiger partial charge on any atom is -0.497 e. The molecule has 148 valence electrons. The Morgan fingerprint density at radius 3 is 2.57 bits per heavy atom. The van der Waals surface area contributed by atoms with Crippen LogP contribution in [0.25, 0.3) is 0 Å². The lowest BCUT2D eigenvalue weighted by Gasteiger charge is -2.28. The van der Waals surface area contributed by atoms with Crippen molar-refractivity contribution in [2.24, 2.45) is 0 Å². The number of fused-ring (bicyclic) bond motifs is 1. The van der Waals surface area contributed by atoms with E-state index in [9.17, 15) is 5.11 Å². The first-order chi connectivity index (χ1) is 13.5. The molecule has 1 aliphatic carbocycles. The van der Waals surface area contributed by atoms with Crippen molar-refractivity contribution in [2.75, 3.05) is 14.2 Å². The van der Waals surface area contributed by atoms with Crippen LogP contribution in [0.15, 0.2) is 30.5 Å². The van der Waals surface area contributed by atoms with Crippen molar-refractivity contribution in [1.29, 1.82) is 0 Å². The molecule has 1 aliphatic rings. The van der Waals surface area contributed by atoms with Gasteiger partial charge < -0.3 is 14.6 Å². The van der Waals surface area contributed by atoms with Gasteiger partial charge in [0.1, 0.15) is 13.6 Å². The summed E-state index contributed by atoms with van der Waals surface area (Å²) in [6.07, 6.45) is 5.84. The second-order valence-corrected chi connectivity index (χ2v) is 7.85. The van der Waals surface area contributed by atoms with Crippen molar-refractivity contribution in [3.63, 3.8) is 0 Å². The molecule has 0 spiro atoms. The number of halogens is 1. The van der Waals surface area contributed by atoms with Crippen LogP contribution in [0.3, 0.4) is 0 Å². The van der Waals surface area contributed by atoms with Crippen LogP contribution < -0.4 is 10.2 Å². The maximum Gasteiger partial charge on any atom is 0.118 e. The fourth-order valence-corrected chi connectivity index (χ4v) is 4.22. The second-order valence-electron chi connectivity index (χ2n) is 7.47. The molecule has 1 aromatic carbocycles. The van der Waals surface area contributed by atoms with Crippen LogP contribution in [0, 0.1) is 0 Å². The molecule has 1 unspecified atom stereocenters. The Bertz CT molecular complexity index is 784. The van der Waals surface area contributed by atoms with Crippen molar-refractivity contribution in [2.45, 2.75) is 56.7 Å². The summed E-state index contributed by atoms with van der Waals surface area (Å²) < 4.78 is 10.8. The molecule has 1 N–H and O–H groups in total. The third-order valence-electron chi connectivity index (χ3n) is 5.64. The molecule has 1 heterocycles. The lowest BCUT2D eigenvalue weighted by molar-refractivity contribution is -0.0166. The van der Waals surface area contributed by atoms with E-state index in [-0.39, 0.29) is 12.0 Å². The highest BCUT2D eigenvalue weighted by Gasteiger charge is 2.27. The largest absolute Gasteiger partial charge is 0.497 e. The lowest BCUT2D eigenvalue weighted by atomic mass is 9.83. The van der Waals surface area contributed by atoms with Gasteiger partial charge in [0.15, 0.2) is 0 Å². The van der Waals surface area contributed by atoms with Crippen LogP contribution in [0.1, 0.15) is 48.4 Å². The van der Waals surface area contributed by atoms with Gasteiger partial charge in [-0.15, -0.1) is 0 Å². The Morgan fingerprint density at radius 2 is 1.89 bits per heavy atom. The van der Waals surface area contributed by atoms with Crippen LogP contribution in [0.2, 0.25) is 5.02 Å². The normalized spacial score (nSPS) is 23.1. The summed E-state index contributed by atoms with van der Waals surface area (Å²) in [4.78, 5) is 4.69. The number of pyridine rings is 1. The molecule has 0 saturated heterocycles. The SMILES string of the molecule is [B]c1cnc2c(c1Cl)C[C@H](OC)[C@@H](O)CCCCC2Cc1ccc(OC)cc1. The number of aromatic nitrogens is 1. The van der Waals surface area contributed by atoms with Crippen molar-refractivity contribution in [3.8, 4) is 5.75 Å². The molecule has 2 aromatic rings. The highest BCUT2D eigenvalue weighted by atomic mass is 35.5. The zero-order valence-electron chi connectivity index (χ0n) is 16.5. The van der Waals surface area contributed by atoms with Gasteiger partial charge in [0.2, 0.25) is 0 Å². The van der Waals surface area contributed by atoms with Gasteiger partial charge in [-0.2, -0.15) is 0 Å². The van der Waals surface area contributed by atoms with Gasteiger partial charge in [-0.25, -0.2) is 0 Å². The molecule has 4 nitrogen and oxygen atoms in total. The molecule has 0 fully saturated rings. The number of aliphatic hydroxyl groups is 1. The van der Waals surface area contributed by atoms with Crippen molar-refractivity contribution < 1.29 is 14.6 Å². The van der Waals surface area contributed by atoms with E-state index in [4.69, 9.17) is 28.9 Å². The predicted octanol–water partition coefficient (Wildman–Crippen LogP) is 3.36. The maximum absolute atomic E-state index is 10.5. The Kier molecular flexibility index (Phi) is 7.39. The van der Waals surface area contributed by atoms with Crippen LogP contribution in [0.5, 0.6) is 5.75 Å². The molecule has 1 aromatic heterocycles. The molecule has 2 radical (unpaired) electrons. The fourth-order valence-electron chi connectivity index (χ4n) is 4.00. The maximum atomic E-state index is 10.5. The van der Waals surface area contributed by atoms with E-state index >= 15 is 0 Å². The molecule has 6 heteroatoms. The van der Waals surface area contributed by atoms with E-state index in [2.05, 4.69) is 17.1 Å². The summed E-state index contributed by atoms with van der Waals surface area (Å²) in [5, 5.41) is 11.0. The van der Waals surface area contributed by atoms with Gasteiger partial charge in [-0.1, -0.05) is 42.0 Å². The first-order valence-corrected chi connectivity index (χ1v) is 10.2. The number of nitrogens with zero attached hydrogens (tertiary/aromatic N) is 1. The Labute approximate surface area is 173 Å². The standard InChI is InChI=1S/C22H27BClNO3/c1-27-16-9-7-14(8-10-16)11-15-5-3-4-6-19(26)20(28-2)12-17-21(24)18(23)13-25-22(15)17/h7-10,13,15,19-20,26H,3-6,11-12H2,1-2H3/t15?,19-,20-/m0/s1.